The molecule has 0 aromatic heterocycles. The van der Waals surface area contributed by atoms with Crippen molar-refractivity contribution in [3.05, 3.63) is 70.8 Å². The van der Waals surface area contributed by atoms with E-state index in [0.717, 1.165) is 18.5 Å². The van der Waals surface area contributed by atoms with Crippen LogP contribution in [0.5, 0.6) is 0 Å². The summed E-state index contributed by atoms with van der Waals surface area (Å²) in [6.45, 7) is 4.84. The normalized spacial score (nSPS) is 12.4. The third kappa shape index (κ3) is 3.67. The van der Waals surface area contributed by atoms with Gasteiger partial charge in [-0.15, -0.1) is 0 Å². The Labute approximate surface area is 125 Å². The molecule has 21 heavy (non-hydrogen) atoms. The summed E-state index contributed by atoms with van der Waals surface area (Å²) in [7, 11) is 0. The number of halogens is 2. The fourth-order valence-corrected chi connectivity index (χ4v) is 2.67. The van der Waals surface area contributed by atoms with Gasteiger partial charge in [-0.2, -0.15) is 0 Å². The molecular formula is C18H21F2N. The summed E-state index contributed by atoms with van der Waals surface area (Å²) in [4.78, 5) is 0. The zero-order chi connectivity index (χ0) is 15.2. The van der Waals surface area contributed by atoms with Gasteiger partial charge in [0, 0.05) is 11.6 Å². The summed E-state index contributed by atoms with van der Waals surface area (Å²) in [5.74, 6) is -0.959. The largest absolute Gasteiger partial charge is 0.310 e. The van der Waals surface area contributed by atoms with Gasteiger partial charge in [-0.25, -0.2) is 8.78 Å². The van der Waals surface area contributed by atoms with Crippen molar-refractivity contribution in [3.8, 4) is 0 Å². The van der Waals surface area contributed by atoms with Crippen LogP contribution in [-0.2, 0) is 12.8 Å². The molecule has 0 spiro atoms. The summed E-state index contributed by atoms with van der Waals surface area (Å²) >= 11 is 0. The van der Waals surface area contributed by atoms with E-state index in [9.17, 15) is 8.78 Å². The highest BCUT2D eigenvalue weighted by Gasteiger charge is 2.18. The van der Waals surface area contributed by atoms with Crippen LogP contribution in [0.4, 0.5) is 8.78 Å². The lowest BCUT2D eigenvalue weighted by molar-refractivity contribution is 0.497. The predicted octanol–water partition coefficient (Wildman–Crippen LogP) is 4.42. The Morgan fingerprint density at radius 3 is 2.24 bits per heavy atom. The van der Waals surface area contributed by atoms with Crippen LogP contribution in [0.2, 0.25) is 0 Å². The van der Waals surface area contributed by atoms with Gasteiger partial charge >= 0.3 is 0 Å². The average molecular weight is 289 g/mol. The highest BCUT2D eigenvalue weighted by atomic mass is 19.1. The average Bonchev–Trinajstić information content (AvgIpc) is 2.50. The van der Waals surface area contributed by atoms with Gasteiger partial charge in [0.2, 0.25) is 0 Å². The maximum atomic E-state index is 13.9. The lowest BCUT2D eigenvalue weighted by Gasteiger charge is -2.22. The van der Waals surface area contributed by atoms with Crippen LogP contribution in [-0.4, -0.2) is 6.54 Å². The van der Waals surface area contributed by atoms with Gasteiger partial charge in [0.25, 0.3) is 0 Å². The number of rotatable bonds is 6. The molecule has 0 saturated carbocycles. The smallest absolute Gasteiger partial charge is 0.129 e. The summed E-state index contributed by atoms with van der Waals surface area (Å²) in [5.41, 5.74) is 2.47. The molecule has 1 unspecified atom stereocenters. The minimum absolute atomic E-state index is 0.0856. The molecule has 0 aliphatic heterocycles. The molecule has 3 heteroatoms. The summed E-state index contributed by atoms with van der Waals surface area (Å²) in [5, 5.41) is 3.34. The number of aryl methyl sites for hydroxylation is 1. The summed E-state index contributed by atoms with van der Waals surface area (Å²) in [6, 6.07) is 12.0. The number of likely N-dealkylation sites (N-methyl/N-ethyl adjacent to an activating group) is 1. The van der Waals surface area contributed by atoms with Gasteiger partial charge in [-0.3, -0.25) is 0 Å². The summed E-state index contributed by atoms with van der Waals surface area (Å²) in [6.07, 6.45) is 1.21. The lowest BCUT2D eigenvalue weighted by Crippen LogP contribution is -2.24. The second-order valence-electron chi connectivity index (χ2n) is 5.07. The van der Waals surface area contributed by atoms with Crippen molar-refractivity contribution < 1.29 is 8.78 Å². The fraction of sp³-hybridized carbons (Fsp3) is 0.333. The van der Waals surface area contributed by atoms with Crippen LogP contribution < -0.4 is 5.32 Å². The van der Waals surface area contributed by atoms with E-state index in [2.05, 4.69) is 18.3 Å². The van der Waals surface area contributed by atoms with Crippen molar-refractivity contribution in [1.82, 2.24) is 5.32 Å². The molecule has 2 aromatic rings. The maximum absolute atomic E-state index is 13.9. The van der Waals surface area contributed by atoms with E-state index in [0.29, 0.717) is 6.42 Å². The Morgan fingerprint density at radius 2 is 1.62 bits per heavy atom. The van der Waals surface area contributed by atoms with E-state index in [1.165, 1.54) is 23.8 Å². The van der Waals surface area contributed by atoms with Crippen molar-refractivity contribution in [3.63, 3.8) is 0 Å². The van der Waals surface area contributed by atoms with Crippen LogP contribution in [0.15, 0.2) is 42.5 Å². The highest BCUT2D eigenvalue weighted by molar-refractivity contribution is 5.32. The topological polar surface area (TPSA) is 12.0 Å². The molecule has 112 valence electrons. The second-order valence-corrected chi connectivity index (χ2v) is 5.07. The van der Waals surface area contributed by atoms with E-state index in [4.69, 9.17) is 0 Å². The predicted molar refractivity (Wildman–Crippen MR) is 82.3 cm³/mol. The Morgan fingerprint density at radius 1 is 0.952 bits per heavy atom. The van der Waals surface area contributed by atoms with E-state index >= 15 is 0 Å². The first-order chi connectivity index (χ1) is 10.2. The fourth-order valence-electron chi connectivity index (χ4n) is 2.67. The Bertz CT molecular complexity index is 575. The number of hydrogen-bond acceptors (Lipinski definition) is 1. The molecule has 0 heterocycles. The molecule has 1 atom stereocenters. The Hall–Kier alpha value is -1.74. The molecule has 0 aliphatic rings. The van der Waals surface area contributed by atoms with Crippen LogP contribution in [0, 0.1) is 11.6 Å². The monoisotopic (exact) mass is 289 g/mol. The first-order valence-electron chi connectivity index (χ1n) is 7.41. The minimum atomic E-state index is -0.480. The maximum Gasteiger partial charge on any atom is 0.129 e. The molecule has 1 nitrogen and oxygen atoms in total. The first-order valence-corrected chi connectivity index (χ1v) is 7.41. The number of hydrogen-bond donors (Lipinski definition) is 1. The molecule has 0 amide bonds. The molecule has 2 aromatic carbocycles. The number of benzene rings is 2. The number of nitrogens with one attached hydrogen (secondary N) is 1. The standard InChI is InChI=1S/C18H21F2N/c1-3-13-8-5-6-9-14(13)18(21-4-2)12-15-16(19)10-7-11-17(15)20/h5-11,18,21H,3-4,12H2,1-2H3. The van der Waals surface area contributed by atoms with Crippen molar-refractivity contribution in [2.75, 3.05) is 6.54 Å². The minimum Gasteiger partial charge on any atom is -0.310 e. The molecule has 0 fully saturated rings. The van der Waals surface area contributed by atoms with E-state index in [1.54, 1.807) is 0 Å². The van der Waals surface area contributed by atoms with E-state index in [1.807, 2.05) is 25.1 Å². The van der Waals surface area contributed by atoms with Crippen LogP contribution in [0.3, 0.4) is 0 Å². The van der Waals surface area contributed by atoms with Crippen molar-refractivity contribution in [1.29, 1.82) is 0 Å². The van der Waals surface area contributed by atoms with Crippen molar-refractivity contribution in [2.24, 2.45) is 0 Å². The quantitative estimate of drug-likeness (QED) is 0.830. The second kappa shape index (κ2) is 7.32. The molecular weight excluding hydrogens is 268 g/mol. The van der Waals surface area contributed by atoms with Crippen molar-refractivity contribution in [2.45, 2.75) is 32.7 Å². The molecule has 0 aliphatic carbocycles. The van der Waals surface area contributed by atoms with Gasteiger partial charge in [-0.05, 0) is 42.6 Å². The van der Waals surface area contributed by atoms with Crippen LogP contribution in [0.25, 0.3) is 0 Å². The highest BCUT2D eigenvalue weighted by Crippen LogP contribution is 2.25. The van der Waals surface area contributed by atoms with Gasteiger partial charge in [0.15, 0.2) is 0 Å². The zero-order valence-corrected chi connectivity index (χ0v) is 12.5. The van der Waals surface area contributed by atoms with Gasteiger partial charge in [0.1, 0.15) is 11.6 Å². The molecule has 0 radical (unpaired) electrons. The molecule has 0 bridgehead atoms. The van der Waals surface area contributed by atoms with Gasteiger partial charge in [-0.1, -0.05) is 44.2 Å². The Kier molecular flexibility index (Phi) is 5.45. The third-order valence-electron chi connectivity index (χ3n) is 3.73. The molecule has 1 N–H and O–H groups in total. The van der Waals surface area contributed by atoms with Crippen molar-refractivity contribution >= 4 is 0 Å². The van der Waals surface area contributed by atoms with E-state index in [-0.39, 0.29) is 11.6 Å². The third-order valence-corrected chi connectivity index (χ3v) is 3.73. The molecule has 2 rings (SSSR count). The summed E-state index contributed by atoms with van der Waals surface area (Å²) < 4.78 is 27.8. The first kappa shape index (κ1) is 15.6. The lowest BCUT2D eigenvalue weighted by atomic mass is 9.93. The Balaban J connectivity index is 2.35. The van der Waals surface area contributed by atoms with Crippen LogP contribution in [0.1, 0.15) is 36.6 Å². The van der Waals surface area contributed by atoms with Gasteiger partial charge < -0.3 is 5.32 Å². The van der Waals surface area contributed by atoms with E-state index < -0.39 is 11.6 Å². The van der Waals surface area contributed by atoms with Crippen LogP contribution >= 0.6 is 0 Å². The SMILES string of the molecule is CCNC(Cc1c(F)cccc1F)c1ccccc1CC. The molecule has 0 saturated heterocycles. The van der Waals surface area contributed by atoms with Gasteiger partial charge in [0.05, 0.1) is 0 Å². The zero-order valence-electron chi connectivity index (χ0n) is 12.5.